The van der Waals surface area contributed by atoms with E-state index in [-0.39, 0.29) is 17.9 Å². The molecule has 0 heterocycles. The van der Waals surface area contributed by atoms with Crippen LogP contribution in [0.3, 0.4) is 0 Å². The van der Waals surface area contributed by atoms with Gasteiger partial charge in [0.1, 0.15) is 6.61 Å². The van der Waals surface area contributed by atoms with Gasteiger partial charge in [-0.15, -0.1) is 0 Å². The highest BCUT2D eigenvalue weighted by Crippen LogP contribution is 2.28. The molecule has 0 bridgehead atoms. The van der Waals surface area contributed by atoms with Crippen molar-refractivity contribution in [2.24, 2.45) is 0 Å². The Hall–Kier alpha value is -1.82. The smallest absolute Gasteiger partial charge is 0.411 e. The number of benzene rings is 1. The average molecular weight is 314 g/mol. The normalized spacial score (nSPS) is 9.67. The Morgan fingerprint density at radius 3 is 2.78 bits per heavy atom. The number of ether oxygens (including phenoxy) is 1. The summed E-state index contributed by atoms with van der Waals surface area (Å²) in [7, 11) is 0. The maximum absolute atomic E-state index is 11.4. The number of carboxylic acids is 1. The zero-order valence-electron chi connectivity index (χ0n) is 9.70. The van der Waals surface area contributed by atoms with E-state index < -0.39 is 12.1 Å². The quantitative estimate of drug-likeness (QED) is 0.837. The molecule has 0 radical (unpaired) electrons. The zero-order valence-corrected chi connectivity index (χ0v) is 11.3. The van der Waals surface area contributed by atoms with Gasteiger partial charge < -0.3 is 9.84 Å². The van der Waals surface area contributed by atoms with Crippen LogP contribution in [0.1, 0.15) is 15.9 Å². The molecule has 18 heavy (non-hydrogen) atoms. The van der Waals surface area contributed by atoms with Gasteiger partial charge in [0.2, 0.25) is 0 Å². The Kier molecular flexibility index (Phi) is 4.91. The Balaban J connectivity index is 3.05. The molecule has 0 fully saturated rings. The Labute approximate surface area is 113 Å². The van der Waals surface area contributed by atoms with Crippen molar-refractivity contribution in [2.45, 2.75) is 6.92 Å². The van der Waals surface area contributed by atoms with E-state index in [4.69, 9.17) is 9.84 Å². The number of carboxylic acid groups (broad SMARTS) is 1. The predicted molar refractivity (Wildman–Crippen MR) is 71.0 cm³/mol. The van der Waals surface area contributed by atoms with Gasteiger partial charge in [-0.3, -0.25) is 5.32 Å². The van der Waals surface area contributed by atoms with Crippen LogP contribution in [0.15, 0.2) is 29.3 Å². The summed E-state index contributed by atoms with van der Waals surface area (Å²) in [4.78, 5) is 22.5. The lowest BCUT2D eigenvalue weighted by Gasteiger charge is -2.12. The molecule has 0 spiro atoms. The third-order valence-corrected chi connectivity index (χ3v) is 3.05. The highest BCUT2D eigenvalue weighted by molar-refractivity contribution is 9.10. The van der Waals surface area contributed by atoms with E-state index in [1.54, 1.807) is 13.0 Å². The number of anilines is 1. The van der Waals surface area contributed by atoms with Crippen molar-refractivity contribution in [3.63, 3.8) is 0 Å². The molecule has 96 valence electrons. The maximum atomic E-state index is 11.4. The summed E-state index contributed by atoms with van der Waals surface area (Å²) in [5, 5.41) is 11.5. The number of carbonyl (C=O) groups excluding carboxylic acids is 1. The topological polar surface area (TPSA) is 75.6 Å². The third kappa shape index (κ3) is 3.33. The van der Waals surface area contributed by atoms with Gasteiger partial charge in [0.25, 0.3) is 0 Å². The minimum Gasteiger partial charge on any atom is -0.478 e. The van der Waals surface area contributed by atoms with E-state index in [1.807, 2.05) is 0 Å². The van der Waals surface area contributed by atoms with E-state index in [1.165, 1.54) is 12.1 Å². The first kappa shape index (κ1) is 14.2. The van der Waals surface area contributed by atoms with Crippen LogP contribution in [0.25, 0.3) is 0 Å². The number of hydrogen-bond donors (Lipinski definition) is 2. The van der Waals surface area contributed by atoms with Gasteiger partial charge in [0, 0.05) is 4.47 Å². The van der Waals surface area contributed by atoms with Gasteiger partial charge in [0.15, 0.2) is 0 Å². The Morgan fingerprint density at radius 1 is 1.56 bits per heavy atom. The number of amides is 1. The number of aromatic carboxylic acids is 1. The molecule has 2 N–H and O–H groups in total. The Morgan fingerprint density at radius 2 is 2.22 bits per heavy atom. The average Bonchev–Trinajstić information content (AvgIpc) is 2.32. The maximum Gasteiger partial charge on any atom is 0.411 e. The van der Waals surface area contributed by atoms with E-state index in [0.29, 0.717) is 10.0 Å². The van der Waals surface area contributed by atoms with Crippen molar-refractivity contribution < 1.29 is 19.4 Å². The van der Waals surface area contributed by atoms with Crippen molar-refractivity contribution >= 4 is 33.7 Å². The second-order valence-corrected chi connectivity index (χ2v) is 4.27. The van der Waals surface area contributed by atoms with Crippen LogP contribution >= 0.6 is 15.9 Å². The molecule has 0 aromatic heterocycles. The number of hydrogen-bond acceptors (Lipinski definition) is 3. The molecule has 1 rings (SSSR count). The molecule has 0 saturated heterocycles. The van der Waals surface area contributed by atoms with Gasteiger partial charge in [0.05, 0.1) is 11.3 Å². The summed E-state index contributed by atoms with van der Waals surface area (Å²) < 4.78 is 5.45. The summed E-state index contributed by atoms with van der Waals surface area (Å²) in [6.45, 7) is 5.16. The standard InChI is InChI=1S/C12H12BrNO4/c1-3-6-18-12(17)14-10-7(2)9(13)5-4-8(10)11(15)16/h3-5H,1,6H2,2H3,(H,14,17)(H,15,16). The summed E-state index contributed by atoms with van der Waals surface area (Å²) in [5.41, 5.74) is 0.836. The van der Waals surface area contributed by atoms with Crippen LogP contribution in [0.4, 0.5) is 10.5 Å². The van der Waals surface area contributed by atoms with Crippen molar-refractivity contribution in [2.75, 3.05) is 11.9 Å². The minimum atomic E-state index is -1.12. The highest BCUT2D eigenvalue weighted by Gasteiger charge is 2.16. The molecule has 0 aliphatic rings. The number of carbonyl (C=O) groups is 2. The van der Waals surface area contributed by atoms with E-state index in [0.717, 1.165) is 0 Å². The SMILES string of the molecule is C=CCOC(=O)Nc1c(C(=O)O)ccc(Br)c1C. The molecule has 1 aromatic rings. The van der Waals surface area contributed by atoms with Crippen LogP contribution in [0, 0.1) is 6.92 Å². The van der Waals surface area contributed by atoms with Gasteiger partial charge in [-0.2, -0.15) is 0 Å². The fourth-order valence-corrected chi connectivity index (χ4v) is 1.63. The molecule has 0 aliphatic carbocycles. The summed E-state index contributed by atoms with van der Waals surface area (Å²) in [6, 6.07) is 3.02. The van der Waals surface area contributed by atoms with Gasteiger partial charge in [-0.1, -0.05) is 28.6 Å². The van der Waals surface area contributed by atoms with Crippen molar-refractivity contribution in [1.82, 2.24) is 0 Å². The van der Waals surface area contributed by atoms with E-state index in [2.05, 4.69) is 27.8 Å². The fourth-order valence-electron chi connectivity index (χ4n) is 1.30. The van der Waals surface area contributed by atoms with Crippen LogP contribution in [0.5, 0.6) is 0 Å². The third-order valence-electron chi connectivity index (χ3n) is 2.19. The monoisotopic (exact) mass is 313 g/mol. The molecule has 0 saturated carbocycles. The molecule has 0 aliphatic heterocycles. The second-order valence-electron chi connectivity index (χ2n) is 3.41. The number of rotatable bonds is 4. The minimum absolute atomic E-state index is 0.00579. The van der Waals surface area contributed by atoms with Crippen LogP contribution in [-0.4, -0.2) is 23.8 Å². The van der Waals surface area contributed by atoms with Gasteiger partial charge >= 0.3 is 12.1 Å². The van der Waals surface area contributed by atoms with Crippen LogP contribution in [0.2, 0.25) is 0 Å². The largest absolute Gasteiger partial charge is 0.478 e. The first-order valence-electron chi connectivity index (χ1n) is 5.04. The van der Waals surface area contributed by atoms with Crippen LogP contribution < -0.4 is 5.32 Å². The van der Waals surface area contributed by atoms with Gasteiger partial charge in [-0.05, 0) is 24.6 Å². The molecule has 0 unspecified atom stereocenters. The first-order chi connectivity index (χ1) is 8.47. The first-order valence-corrected chi connectivity index (χ1v) is 5.83. The molecule has 1 amide bonds. The predicted octanol–water partition coefficient (Wildman–Crippen LogP) is 3.19. The van der Waals surface area contributed by atoms with Crippen molar-refractivity contribution in [3.8, 4) is 0 Å². The molecule has 0 atom stereocenters. The lowest BCUT2D eigenvalue weighted by atomic mass is 10.1. The Bertz CT molecular complexity index is 499. The molecule has 1 aromatic carbocycles. The lowest BCUT2D eigenvalue weighted by Crippen LogP contribution is -2.17. The lowest BCUT2D eigenvalue weighted by molar-refractivity contribution is 0.0698. The van der Waals surface area contributed by atoms with Crippen molar-refractivity contribution in [3.05, 3.63) is 40.4 Å². The second kappa shape index (κ2) is 6.20. The number of halogens is 1. The summed E-state index contributed by atoms with van der Waals surface area (Å²) >= 11 is 3.27. The molecule has 6 heteroatoms. The van der Waals surface area contributed by atoms with E-state index >= 15 is 0 Å². The molecular formula is C12H12BrNO4. The molecule has 5 nitrogen and oxygen atoms in total. The number of nitrogens with one attached hydrogen (secondary N) is 1. The van der Waals surface area contributed by atoms with Gasteiger partial charge in [-0.25, -0.2) is 9.59 Å². The summed E-state index contributed by atoms with van der Waals surface area (Å²) in [6.07, 6.45) is 0.699. The van der Waals surface area contributed by atoms with Crippen molar-refractivity contribution in [1.29, 1.82) is 0 Å². The molecular weight excluding hydrogens is 302 g/mol. The zero-order chi connectivity index (χ0) is 13.7. The fraction of sp³-hybridized carbons (Fsp3) is 0.167. The van der Waals surface area contributed by atoms with Crippen LogP contribution in [-0.2, 0) is 4.74 Å². The van der Waals surface area contributed by atoms with E-state index in [9.17, 15) is 9.59 Å². The highest BCUT2D eigenvalue weighted by atomic mass is 79.9. The summed E-state index contributed by atoms with van der Waals surface area (Å²) in [5.74, 6) is -1.12.